The van der Waals surface area contributed by atoms with Crippen molar-refractivity contribution in [3.05, 3.63) is 76.4 Å². The van der Waals surface area contributed by atoms with Gasteiger partial charge in [-0.2, -0.15) is 4.98 Å². The van der Waals surface area contributed by atoms with Gasteiger partial charge in [0.05, 0.1) is 6.17 Å². The smallest absolute Gasteiger partial charge is 0.245 e. The number of aliphatic imine (C=N–C) groups is 1. The maximum atomic E-state index is 13.4. The van der Waals surface area contributed by atoms with Gasteiger partial charge in [0.25, 0.3) is 0 Å². The number of benzene rings is 2. The fourth-order valence-electron chi connectivity index (χ4n) is 4.80. The van der Waals surface area contributed by atoms with Crippen LogP contribution in [0.1, 0.15) is 59.7 Å². The van der Waals surface area contributed by atoms with Gasteiger partial charge in [0.2, 0.25) is 17.7 Å². The van der Waals surface area contributed by atoms with E-state index in [1.54, 1.807) is 12.1 Å². The van der Waals surface area contributed by atoms with Gasteiger partial charge in [-0.05, 0) is 80.5 Å². The normalized spacial score (nSPS) is 13.1. The standard InChI is InChI=1S/C30H43N9O4/c1-18-14-21(40)15-19(2)22(18)17-24(35-28(41)23(12-13-31)36-30(33)34)29(42)37-25(32)10-6-7-11-27-38-26(39-43-27)16-20-8-4-3-5-9-20/h3-5,8-9,14-15,23-25,40H,6-7,10-13,16-17,31-32H2,1-2H3,(H,35,41)(H,37,42)(H4,33,34,36)/t23-,24+,25?/m1/s1. The van der Waals surface area contributed by atoms with Crippen LogP contribution in [0.2, 0.25) is 0 Å². The number of hydrogen-bond donors (Lipinski definition) is 7. The summed E-state index contributed by atoms with van der Waals surface area (Å²) in [5.41, 5.74) is 26.4. The van der Waals surface area contributed by atoms with Crippen molar-refractivity contribution in [1.29, 1.82) is 0 Å². The van der Waals surface area contributed by atoms with E-state index in [9.17, 15) is 14.7 Å². The Labute approximate surface area is 251 Å². The first-order valence-electron chi connectivity index (χ1n) is 14.3. The van der Waals surface area contributed by atoms with Gasteiger partial charge < -0.3 is 43.2 Å². The highest BCUT2D eigenvalue weighted by atomic mass is 16.5. The molecule has 3 aromatic rings. The molecule has 43 heavy (non-hydrogen) atoms. The van der Waals surface area contributed by atoms with Gasteiger partial charge in [-0.3, -0.25) is 9.59 Å². The number of guanidine groups is 1. The number of aryl methyl sites for hydroxylation is 3. The largest absolute Gasteiger partial charge is 0.508 e. The Kier molecular flexibility index (Phi) is 12.5. The van der Waals surface area contributed by atoms with Crippen LogP contribution in [0.5, 0.6) is 5.75 Å². The highest BCUT2D eigenvalue weighted by molar-refractivity contribution is 5.91. The molecule has 11 N–H and O–H groups in total. The number of rotatable bonds is 16. The molecule has 3 rings (SSSR count). The Morgan fingerprint density at radius 3 is 2.37 bits per heavy atom. The number of nitrogens with zero attached hydrogens (tertiary/aromatic N) is 3. The summed E-state index contributed by atoms with van der Waals surface area (Å²) >= 11 is 0. The molecule has 0 radical (unpaired) electrons. The van der Waals surface area contributed by atoms with Crippen LogP contribution in [0.25, 0.3) is 0 Å². The van der Waals surface area contributed by atoms with Crippen LogP contribution in [-0.2, 0) is 28.9 Å². The van der Waals surface area contributed by atoms with Crippen molar-refractivity contribution >= 4 is 17.8 Å². The van der Waals surface area contributed by atoms with Gasteiger partial charge in [-0.15, -0.1) is 0 Å². The molecule has 3 atom stereocenters. The SMILES string of the molecule is Cc1cc(O)cc(C)c1C[C@H](NC(=O)[C@@H](CCN)N=C(N)N)C(=O)NC(N)CCCCc1nc(Cc2ccccc2)no1. The minimum atomic E-state index is -0.976. The first kappa shape index (κ1) is 33.0. The lowest BCUT2D eigenvalue weighted by molar-refractivity contribution is -0.130. The summed E-state index contributed by atoms with van der Waals surface area (Å²) in [6, 6.07) is 11.2. The minimum Gasteiger partial charge on any atom is -0.508 e. The fourth-order valence-corrected chi connectivity index (χ4v) is 4.80. The quantitative estimate of drug-likeness (QED) is 0.0534. The van der Waals surface area contributed by atoms with Crippen molar-refractivity contribution in [1.82, 2.24) is 20.8 Å². The van der Waals surface area contributed by atoms with Crippen LogP contribution >= 0.6 is 0 Å². The van der Waals surface area contributed by atoms with Crippen LogP contribution in [0.3, 0.4) is 0 Å². The lowest BCUT2D eigenvalue weighted by Crippen LogP contribution is -2.54. The summed E-state index contributed by atoms with van der Waals surface area (Å²) in [5, 5.41) is 19.6. The van der Waals surface area contributed by atoms with Crippen molar-refractivity contribution in [3.8, 4) is 5.75 Å². The molecule has 13 heteroatoms. The number of aromatic hydroxyl groups is 1. The van der Waals surface area contributed by atoms with Gasteiger partial charge in [0.15, 0.2) is 11.8 Å². The van der Waals surface area contributed by atoms with Crippen LogP contribution in [-0.4, -0.2) is 57.8 Å². The maximum Gasteiger partial charge on any atom is 0.245 e. The van der Waals surface area contributed by atoms with E-state index in [2.05, 4.69) is 25.8 Å². The molecule has 2 amide bonds. The number of hydrogen-bond acceptors (Lipinski definition) is 9. The van der Waals surface area contributed by atoms with Gasteiger partial charge >= 0.3 is 0 Å². The van der Waals surface area contributed by atoms with E-state index in [-0.39, 0.29) is 31.1 Å². The molecule has 1 heterocycles. The number of unbranched alkanes of at least 4 members (excludes halogenated alkanes) is 1. The average Bonchev–Trinajstić information content (AvgIpc) is 3.39. The monoisotopic (exact) mass is 593 g/mol. The first-order chi connectivity index (χ1) is 20.5. The second kappa shape index (κ2) is 16.2. The second-order valence-electron chi connectivity index (χ2n) is 10.6. The molecule has 0 spiro atoms. The van der Waals surface area contributed by atoms with E-state index in [1.165, 1.54) is 0 Å². The topological polar surface area (TPSA) is 234 Å². The molecule has 232 valence electrons. The third kappa shape index (κ3) is 10.7. The third-order valence-electron chi connectivity index (χ3n) is 6.97. The van der Waals surface area contributed by atoms with E-state index >= 15 is 0 Å². The Balaban J connectivity index is 1.58. The van der Waals surface area contributed by atoms with Crippen molar-refractivity contribution in [2.24, 2.45) is 27.9 Å². The Morgan fingerprint density at radius 2 is 1.72 bits per heavy atom. The van der Waals surface area contributed by atoms with E-state index in [4.69, 9.17) is 27.5 Å². The Bertz CT molecular complexity index is 1350. The van der Waals surface area contributed by atoms with E-state index < -0.39 is 30.1 Å². The molecule has 0 aliphatic carbocycles. The number of phenols is 1. The first-order valence-corrected chi connectivity index (χ1v) is 14.3. The number of carbonyl (C=O) groups is 2. The molecule has 13 nitrogen and oxygen atoms in total. The summed E-state index contributed by atoms with van der Waals surface area (Å²) < 4.78 is 5.37. The van der Waals surface area contributed by atoms with E-state index in [0.29, 0.717) is 37.4 Å². The lowest BCUT2D eigenvalue weighted by atomic mass is 9.95. The molecule has 1 aromatic heterocycles. The number of amides is 2. The number of aromatic nitrogens is 2. The molecule has 0 bridgehead atoms. The zero-order valence-corrected chi connectivity index (χ0v) is 24.8. The highest BCUT2D eigenvalue weighted by Gasteiger charge is 2.27. The van der Waals surface area contributed by atoms with Crippen LogP contribution in [0, 0.1) is 13.8 Å². The number of phenolic OH excluding ortho intramolecular Hbond substituents is 1. The molecular weight excluding hydrogens is 550 g/mol. The fraction of sp³-hybridized carbons (Fsp3) is 0.433. The molecule has 0 aliphatic heterocycles. The average molecular weight is 594 g/mol. The van der Waals surface area contributed by atoms with Gasteiger partial charge in [0.1, 0.15) is 17.8 Å². The van der Waals surface area contributed by atoms with Crippen molar-refractivity contribution in [3.63, 3.8) is 0 Å². The summed E-state index contributed by atoms with van der Waals surface area (Å²) in [6.07, 6.45) is 2.84. The minimum absolute atomic E-state index is 0.120. The van der Waals surface area contributed by atoms with E-state index in [1.807, 2.05) is 44.2 Å². The molecule has 1 unspecified atom stereocenters. The molecule has 0 saturated heterocycles. The Hall–Kier alpha value is -4.49. The summed E-state index contributed by atoms with van der Waals surface area (Å²) in [7, 11) is 0. The molecule has 2 aromatic carbocycles. The molecule has 0 fully saturated rings. The van der Waals surface area contributed by atoms with Gasteiger partial charge in [-0.1, -0.05) is 35.5 Å². The van der Waals surface area contributed by atoms with Crippen LogP contribution in [0.4, 0.5) is 0 Å². The Morgan fingerprint density at radius 1 is 1.02 bits per heavy atom. The van der Waals surface area contributed by atoms with Crippen molar-refractivity contribution < 1.29 is 19.2 Å². The number of carbonyl (C=O) groups excluding carboxylic acids is 2. The number of nitrogens with two attached hydrogens (primary N) is 4. The van der Waals surface area contributed by atoms with Gasteiger partial charge in [-0.25, -0.2) is 4.99 Å². The summed E-state index contributed by atoms with van der Waals surface area (Å²) in [4.78, 5) is 34.9. The lowest BCUT2D eigenvalue weighted by Gasteiger charge is -2.24. The number of nitrogens with one attached hydrogen (secondary N) is 2. The van der Waals surface area contributed by atoms with Crippen LogP contribution in [0.15, 0.2) is 52.0 Å². The molecular formula is C30H43N9O4. The molecule has 0 aliphatic rings. The third-order valence-corrected chi connectivity index (χ3v) is 6.97. The van der Waals surface area contributed by atoms with E-state index in [0.717, 1.165) is 28.7 Å². The molecule has 0 saturated carbocycles. The predicted octanol–water partition coefficient (Wildman–Crippen LogP) is 0.815. The zero-order chi connectivity index (χ0) is 31.4. The highest BCUT2D eigenvalue weighted by Crippen LogP contribution is 2.22. The van der Waals surface area contributed by atoms with Crippen LogP contribution < -0.4 is 33.6 Å². The van der Waals surface area contributed by atoms with Gasteiger partial charge in [0, 0.05) is 19.3 Å². The summed E-state index contributed by atoms with van der Waals surface area (Å²) in [6.45, 7) is 3.83. The second-order valence-corrected chi connectivity index (χ2v) is 10.6. The summed E-state index contributed by atoms with van der Waals surface area (Å²) in [5.74, 6) is 0.0632. The van der Waals surface area contributed by atoms with Crippen molar-refractivity contribution in [2.45, 2.75) is 77.0 Å². The maximum absolute atomic E-state index is 13.4. The van der Waals surface area contributed by atoms with Crippen molar-refractivity contribution in [2.75, 3.05) is 6.54 Å². The predicted molar refractivity (Wildman–Crippen MR) is 164 cm³/mol. The zero-order valence-electron chi connectivity index (χ0n) is 24.8.